The molecule has 0 saturated heterocycles. The van der Waals surface area contributed by atoms with Crippen LogP contribution >= 0.6 is 0 Å². The van der Waals surface area contributed by atoms with E-state index in [0.29, 0.717) is 19.6 Å². The Kier molecular flexibility index (Phi) is 3.77. The van der Waals surface area contributed by atoms with Crippen molar-refractivity contribution in [3.8, 4) is 22.6 Å². The summed E-state index contributed by atoms with van der Waals surface area (Å²) in [7, 11) is 0. The van der Waals surface area contributed by atoms with Crippen LogP contribution in [0.3, 0.4) is 0 Å². The van der Waals surface area contributed by atoms with Crippen LogP contribution in [-0.2, 0) is 0 Å². The Morgan fingerprint density at radius 1 is 0.655 bits per heavy atom. The molecule has 0 amide bonds. The second-order valence-corrected chi connectivity index (χ2v) is 8.12. The lowest BCUT2D eigenvalue weighted by Gasteiger charge is -2.17. The molecule has 4 aromatic carbocycles. The number of fused-ring (bicyclic) bond motifs is 7. The second kappa shape index (κ2) is 6.48. The Balaban J connectivity index is 1.65. The van der Waals surface area contributed by atoms with E-state index < -0.39 is 6.17 Å². The molecule has 4 aromatic rings. The minimum absolute atomic E-state index is 0.0425. The molecule has 1 heterocycles. The third-order valence-corrected chi connectivity index (χ3v) is 6.30. The zero-order valence-corrected chi connectivity index (χ0v) is 16.0. The van der Waals surface area contributed by atoms with E-state index in [1.807, 2.05) is 12.1 Å². The predicted molar refractivity (Wildman–Crippen MR) is 114 cm³/mol. The molecule has 3 heteroatoms. The molecule has 1 fully saturated rings. The molecule has 144 valence electrons. The van der Waals surface area contributed by atoms with E-state index in [0.717, 1.165) is 44.2 Å². The monoisotopic (exact) mass is 384 g/mol. The molecule has 0 N–H and O–H groups in total. The summed E-state index contributed by atoms with van der Waals surface area (Å²) in [6.07, 6.45) is -0.105. The van der Waals surface area contributed by atoms with Crippen molar-refractivity contribution in [3.05, 3.63) is 72.8 Å². The van der Waals surface area contributed by atoms with Crippen LogP contribution in [0, 0.1) is 11.8 Å². The molecule has 2 nitrogen and oxygen atoms in total. The van der Waals surface area contributed by atoms with Crippen molar-refractivity contribution in [1.29, 1.82) is 0 Å². The molecule has 6 rings (SSSR count). The van der Waals surface area contributed by atoms with Crippen LogP contribution in [0.4, 0.5) is 4.39 Å². The summed E-state index contributed by atoms with van der Waals surface area (Å²) in [5.41, 5.74) is 2.12. The molecule has 0 radical (unpaired) electrons. The fourth-order valence-corrected chi connectivity index (χ4v) is 4.62. The van der Waals surface area contributed by atoms with E-state index in [2.05, 4.69) is 60.7 Å². The Bertz CT molecular complexity index is 1140. The van der Waals surface area contributed by atoms with Gasteiger partial charge in [-0.15, -0.1) is 0 Å². The number of hydrogen-bond donors (Lipinski definition) is 0. The van der Waals surface area contributed by atoms with Crippen molar-refractivity contribution in [2.45, 2.75) is 12.6 Å². The second-order valence-electron chi connectivity index (χ2n) is 8.12. The van der Waals surface area contributed by atoms with Gasteiger partial charge in [0.05, 0.1) is 13.2 Å². The average Bonchev–Trinajstić information content (AvgIpc) is 3.47. The highest BCUT2D eigenvalue weighted by molar-refractivity contribution is 6.09. The zero-order chi connectivity index (χ0) is 19.4. The van der Waals surface area contributed by atoms with Gasteiger partial charge in [-0.25, -0.2) is 4.39 Å². The number of hydrogen-bond acceptors (Lipinski definition) is 2. The third-order valence-electron chi connectivity index (χ3n) is 6.30. The van der Waals surface area contributed by atoms with Gasteiger partial charge in [0.15, 0.2) is 0 Å². The molecule has 1 aliphatic heterocycles. The quantitative estimate of drug-likeness (QED) is 0.378. The summed E-state index contributed by atoms with van der Waals surface area (Å²) in [5, 5.41) is 4.60. The molecule has 0 bridgehead atoms. The van der Waals surface area contributed by atoms with Gasteiger partial charge >= 0.3 is 0 Å². The van der Waals surface area contributed by atoms with Crippen molar-refractivity contribution in [2.75, 3.05) is 13.2 Å². The minimum Gasteiger partial charge on any atom is -0.492 e. The number of ether oxygens (including phenoxy) is 2. The molecular formula is C26H21FO2. The maximum Gasteiger partial charge on any atom is 0.127 e. The maximum atomic E-state index is 13.8. The lowest BCUT2D eigenvalue weighted by atomic mass is 9.92. The third kappa shape index (κ3) is 2.76. The maximum absolute atomic E-state index is 13.8. The van der Waals surface area contributed by atoms with E-state index in [9.17, 15) is 4.39 Å². The largest absolute Gasteiger partial charge is 0.492 e. The lowest BCUT2D eigenvalue weighted by molar-refractivity contribution is 0.155. The smallest absolute Gasteiger partial charge is 0.127 e. The normalized spacial score (nSPS) is 21.3. The highest BCUT2D eigenvalue weighted by Crippen LogP contribution is 2.48. The number of benzene rings is 4. The van der Waals surface area contributed by atoms with Gasteiger partial charge < -0.3 is 9.47 Å². The van der Waals surface area contributed by atoms with E-state index in [1.165, 1.54) is 0 Å². The van der Waals surface area contributed by atoms with Crippen LogP contribution in [0.1, 0.15) is 6.42 Å². The molecule has 0 spiro atoms. The summed E-state index contributed by atoms with van der Waals surface area (Å²) < 4.78 is 26.5. The SMILES string of the molecule is FC1CC1C1COc2ccc3ccccc3c2-c2c(ccc3ccccc23)OC1. The molecule has 1 aliphatic carbocycles. The fraction of sp³-hybridized carbons (Fsp3) is 0.231. The standard InChI is InChI=1S/C26H21FO2/c27-22-13-21(22)18-14-28-23-11-9-16-5-1-3-7-19(16)25(23)26-20-8-4-2-6-17(20)10-12-24(26)29-15-18/h1-12,18,21-22H,13-15H2. The van der Waals surface area contributed by atoms with Crippen LogP contribution in [0.2, 0.25) is 0 Å². The van der Waals surface area contributed by atoms with Gasteiger partial charge in [0.2, 0.25) is 0 Å². The van der Waals surface area contributed by atoms with Gasteiger partial charge in [0, 0.05) is 23.0 Å². The van der Waals surface area contributed by atoms with Crippen LogP contribution in [0.15, 0.2) is 72.8 Å². The molecule has 2 aliphatic rings. The lowest BCUT2D eigenvalue weighted by Crippen LogP contribution is -2.22. The van der Waals surface area contributed by atoms with Gasteiger partial charge in [-0.05, 0) is 40.1 Å². The summed E-state index contributed by atoms with van der Waals surface area (Å²) in [4.78, 5) is 0. The van der Waals surface area contributed by atoms with Crippen molar-refractivity contribution in [1.82, 2.24) is 0 Å². The minimum atomic E-state index is -0.722. The van der Waals surface area contributed by atoms with Crippen LogP contribution in [0.5, 0.6) is 11.5 Å². The Hall–Kier alpha value is -3.07. The first kappa shape index (κ1) is 16.8. The molecule has 1 saturated carbocycles. The summed E-state index contributed by atoms with van der Waals surface area (Å²) >= 11 is 0. The predicted octanol–water partition coefficient (Wildman–Crippen LogP) is 6.41. The first-order valence-electron chi connectivity index (χ1n) is 10.2. The van der Waals surface area contributed by atoms with E-state index in [-0.39, 0.29) is 11.8 Å². The first-order valence-corrected chi connectivity index (χ1v) is 10.2. The Morgan fingerprint density at radius 2 is 1.14 bits per heavy atom. The zero-order valence-electron chi connectivity index (χ0n) is 16.0. The van der Waals surface area contributed by atoms with Gasteiger partial charge in [-0.3, -0.25) is 0 Å². The van der Waals surface area contributed by atoms with Crippen molar-refractivity contribution < 1.29 is 13.9 Å². The van der Waals surface area contributed by atoms with Gasteiger partial charge in [-0.2, -0.15) is 0 Å². The van der Waals surface area contributed by atoms with Crippen molar-refractivity contribution >= 4 is 21.5 Å². The van der Waals surface area contributed by atoms with Gasteiger partial charge in [0.25, 0.3) is 0 Å². The van der Waals surface area contributed by atoms with Crippen LogP contribution < -0.4 is 9.47 Å². The first-order chi connectivity index (χ1) is 14.3. The van der Waals surface area contributed by atoms with Gasteiger partial charge in [0.1, 0.15) is 17.7 Å². The highest BCUT2D eigenvalue weighted by Gasteiger charge is 2.44. The topological polar surface area (TPSA) is 18.5 Å². The highest BCUT2D eigenvalue weighted by atomic mass is 19.1. The fourth-order valence-electron chi connectivity index (χ4n) is 4.62. The number of alkyl halides is 1. The number of halogens is 1. The summed E-state index contributed by atoms with van der Waals surface area (Å²) in [5.74, 6) is 1.78. The molecular weight excluding hydrogens is 363 g/mol. The molecule has 0 aromatic heterocycles. The number of rotatable bonds is 1. The van der Waals surface area contributed by atoms with Crippen LogP contribution in [0.25, 0.3) is 32.7 Å². The van der Waals surface area contributed by atoms with E-state index in [1.54, 1.807) is 0 Å². The van der Waals surface area contributed by atoms with Crippen LogP contribution in [-0.4, -0.2) is 19.4 Å². The van der Waals surface area contributed by atoms with Crippen molar-refractivity contribution in [3.63, 3.8) is 0 Å². The molecule has 29 heavy (non-hydrogen) atoms. The van der Waals surface area contributed by atoms with E-state index in [4.69, 9.17) is 9.47 Å². The molecule has 2 atom stereocenters. The Labute approximate surface area is 168 Å². The van der Waals surface area contributed by atoms with Crippen molar-refractivity contribution in [2.24, 2.45) is 11.8 Å². The van der Waals surface area contributed by atoms with E-state index >= 15 is 0 Å². The summed E-state index contributed by atoms with van der Waals surface area (Å²) in [6.45, 7) is 0.949. The average molecular weight is 384 g/mol. The van der Waals surface area contributed by atoms with Gasteiger partial charge in [-0.1, -0.05) is 60.7 Å². The Morgan fingerprint density at radius 3 is 1.62 bits per heavy atom. The molecule has 2 unspecified atom stereocenters. The summed E-state index contributed by atoms with van der Waals surface area (Å²) in [6, 6.07) is 25.0.